The summed E-state index contributed by atoms with van der Waals surface area (Å²) in [5, 5.41) is 23.6. The third kappa shape index (κ3) is 13.5. The summed E-state index contributed by atoms with van der Waals surface area (Å²) in [5.74, 6) is 1.54. The van der Waals surface area contributed by atoms with Gasteiger partial charge in [0, 0.05) is 35.7 Å². The molecule has 0 aliphatic rings. The number of hydrogen-bond acceptors (Lipinski definition) is 6. The molecule has 0 fully saturated rings. The van der Waals surface area contributed by atoms with E-state index in [0.29, 0.717) is 47.2 Å². The number of benzene rings is 4. The molecule has 0 heterocycles. The summed E-state index contributed by atoms with van der Waals surface area (Å²) in [6.45, 7) is 5.78. The van der Waals surface area contributed by atoms with E-state index in [1.54, 1.807) is 24.6 Å². The lowest BCUT2D eigenvalue weighted by Gasteiger charge is -2.09. The van der Waals surface area contributed by atoms with Gasteiger partial charge >= 0.3 is 0 Å². The Hall–Kier alpha value is -4.32. The number of hydrogen-bond donors (Lipinski definition) is 2. The first kappa shape index (κ1) is 38.5. The van der Waals surface area contributed by atoms with Gasteiger partial charge in [-0.25, -0.2) is 0 Å². The van der Waals surface area contributed by atoms with Gasteiger partial charge in [-0.05, 0) is 60.0 Å². The van der Waals surface area contributed by atoms with Gasteiger partial charge in [-0.1, -0.05) is 128 Å². The SMILES string of the molecule is CCCCCCCCCCOc1ccc(C=Nc2cc3ccccc3cc2N=Cc2ccc(OCCCCCCCCCC)cc2O)c(O)c1. The van der Waals surface area contributed by atoms with Crippen molar-refractivity contribution in [1.82, 2.24) is 0 Å². The van der Waals surface area contributed by atoms with Gasteiger partial charge in [0.1, 0.15) is 23.0 Å². The summed E-state index contributed by atoms with van der Waals surface area (Å²) in [6, 6.07) is 22.7. The molecular formula is C44H58N2O4. The molecule has 0 aliphatic heterocycles. The predicted molar refractivity (Wildman–Crippen MR) is 211 cm³/mol. The average molecular weight is 679 g/mol. The summed E-state index contributed by atoms with van der Waals surface area (Å²) in [5.41, 5.74) is 2.49. The number of aliphatic imine (C=N–C) groups is 2. The van der Waals surface area contributed by atoms with Crippen molar-refractivity contribution in [3.8, 4) is 23.0 Å². The number of unbranched alkanes of at least 4 members (excludes halogenated alkanes) is 14. The topological polar surface area (TPSA) is 83.6 Å². The van der Waals surface area contributed by atoms with Gasteiger partial charge < -0.3 is 19.7 Å². The van der Waals surface area contributed by atoms with Gasteiger partial charge in [-0.15, -0.1) is 0 Å². The van der Waals surface area contributed by atoms with Crippen LogP contribution in [0.1, 0.15) is 128 Å². The normalized spacial score (nSPS) is 11.6. The highest BCUT2D eigenvalue weighted by atomic mass is 16.5. The van der Waals surface area contributed by atoms with Gasteiger partial charge in [0.25, 0.3) is 0 Å². The minimum absolute atomic E-state index is 0.114. The Morgan fingerprint density at radius 2 is 0.860 bits per heavy atom. The van der Waals surface area contributed by atoms with Crippen molar-refractivity contribution in [2.24, 2.45) is 9.98 Å². The standard InChI is InChI=1S/C44H58N2O4/c1-3-5-7-9-11-13-15-19-27-49-39-25-23-37(43(47)31-39)33-45-41-29-35-21-17-18-22-36(35)30-42(41)46-34-38-24-26-40(32-44(38)48)50-28-20-16-14-12-10-8-6-4-2/h17-18,21-26,29-34,47-48H,3-16,19-20,27-28H2,1-2H3. The highest BCUT2D eigenvalue weighted by Gasteiger charge is 2.07. The van der Waals surface area contributed by atoms with E-state index in [9.17, 15) is 10.2 Å². The van der Waals surface area contributed by atoms with Crippen LogP contribution in [0.4, 0.5) is 11.4 Å². The fraction of sp³-hybridized carbons (Fsp3) is 0.455. The third-order valence-corrected chi connectivity index (χ3v) is 9.07. The van der Waals surface area contributed by atoms with E-state index in [1.807, 2.05) is 60.7 Å². The van der Waals surface area contributed by atoms with Crippen molar-refractivity contribution >= 4 is 34.6 Å². The molecule has 0 atom stereocenters. The van der Waals surface area contributed by atoms with Crippen molar-refractivity contribution < 1.29 is 19.7 Å². The predicted octanol–water partition coefficient (Wildman–Crippen LogP) is 12.8. The smallest absolute Gasteiger partial charge is 0.128 e. The number of phenolic OH excluding ortho intramolecular Hbond substituents is 2. The van der Waals surface area contributed by atoms with Crippen molar-refractivity contribution in [1.29, 1.82) is 0 Å². The molecule has 268 valence electrons. The average Bonchev–Trinajstić information content (AvgIpc) is 3.12. The highest BCUT2D eigenvalue weighted by molar-refractivity contribution is 5.95. The van der Waals surface area contributed by atoms with E-state index >= 15 is 0 Å². The van der Waals surface area contributed by atoms with Crippen molar-refractivity contribution in [3.63, 3.8) is 0 Å². The number of ether oxygens (including phenoxy) is 2. The quantitative estimate of drug-likeness (QED) is 0.0570. The molecule has 0 aromatic heterocycles. The van der Waals surface area contributed by atoms with Crippen LogP contribution in [0.2, 0.25) is 0 Å². The lowest BCUT2D eigenvalue weighted by Crippen LogP contribution is -1.97. The number of phenols is 2. The number of aromatic hydroxyl groups is 2. The molecule has 50 heavy (non-hydrogen) atoms. The summed E-state index contributed by atoms with van der Waals surface area (Å²) < 4.78 is 11.8. The van der Waals surface area contributed by atoms with Crippen LogP contribution in [-0.4, -0.2) is 35.9 Å². The summed E-state index contributed by atoms with van der Waals surface area (Å²) in [6.07, 6.45) is 23.3. The fourth-order valence-electron chi connectivity index (χ4n) is 6.00. The van der Waals surface area contributed by atoms with Crippen LogP contribution < -0.4 is 9.47 Å². The fourth-order valence-corrected chi connectivity index (χ4v) is 6.00. The molecule has 0 unspecified atom stereocenters. The van der Waals surface area contributed by atoms with Gasteiger partial charge in [0.2, 0.25) is 0 Å². The maximum atomic E-state index is 10.7. The second-order valence-electron chi connectivity index (χ2n) is 13.3. The minimum atomic E-state index is 0.114. The third-order valence-electron chi connectivity index (χ3n) is 9.07. The van der Waals surface area contributed by atoms with Crippen LogP contribution in [0, 0.1) is 0 Å². The van der Waals surface area contributed by atoms with Gasteiger partial charge in [0.15, 0.2) is 0 Å². The zero-order valence-electron chi connectivity index (χ0n) is 30.4. The molecule has 4 aromatic rings. The van der Waals surface area contributed by atoms with Gasteiger partial charge in [0.05, 0.1) is 24.6 Å². The number of rotatable bonds is 24. The van der Waals surface area contributed by atoms with E-state index in [-0.39, 0.29) is 11.5 Å². The Labute approximate surface area is 300 Å². The van der Waals surface area contributed by atoms with E-state index in [4.69, 9.17) is 19.5 Å². The van der Waals surface area contributed by atoms with Crippen LogP contribution >= 0.6 is 0 Å². The van der Waals surface area contributed by atoms with Crippen molar-refractivity contribution in [3.05, 3.63) is 83.9 Å². The molecule has 6 nitrogen and oxygen atoms in total. The molecule has 4 rings (SSSR count). The van der Waals surface area contributed by atoms with Crippen LogP contribution in [0.3, 0.4) is 0 Å². The van der Waals surface area contributed by atoms with Crippen LogP contribution in [-0.2, 0) is 0 Å². The van der Waals surface area contributed by atoms with Crippen molar-refractivity contribution in [2.75, 3.05) is 13.2 Å². The molecule has 0 saturated heterocycles. The Morgan fingerprint density at radius 3 is 1.24 bits per heavy atom. The van der Waals surface area contributed by atoms with E-state index < -0.39 is 0 Å². The molecule has 0 spiro atoms. The first-order valence-corrected chi connectivity index (χ1v) is 19.1. The number of nitrogens with zero attached hydrogens (tertiary/aromatic N) is 2. The zero-order chi connectivity index (χ0) is 35.2. The maximum absolute atomic E-state index is 10.7. The summed E-state index contributed by atoms with van der Waals surface area (Å²) in [7, 11) is 0. The Balaban J connectivity index is 1.34. The van der Waals surface area contributed by atoms with Gasteiger partial charge in [-0.3, -0.25) is 9.98 Å². The van der Waals surface area contributed by atoms with Gasteiger partial charge in [-0.2, -0.15) is 0 Å². The van der Waals surface area contributed by atoms with Crippen LogP contribution in [0.5, 0.6) is 23.0 Å². The second-order valence-corrected chi connectivity index (χ2v) is 13.3. The molecule has 6 heteroatoms. The number of fused-ring (bicyclic) bond motifs is 1. The van der Waals surface area contributed by atoms with E-state index in [2.05, 4.69) is 13.8 Å². The molecule has 0 radical (unpaired) electrons. The van der Waals surface area contributed by atoms with Crippen LogP contribution in [0.15, 0.2) is 82.8 Å². The first-order valence-electron chi connectivity index (χ1n) is 19.1. The summed E-state index contributed by atoms with van der Waals surface area (Å²) in [4.78, 5) is 9.48. The summed E-state index contributed by atoms with van der Waals surface area (Å²) >= 11 is 0. The molecule has 0 aliphatic carbocycles. The molecule has 0 bridgehead atoms. The molecular weight excluding hydrogens is 620 g/mol. The van der Waals surface area contributed by atoms with E-state index in [1.165, 1.54) is 77.0 Å². The Kier molecular flexibility index (Phi) is 17.2. The molecule has 2 N–H and O–H groups in total. The highest BCUT2D eigenvalue weighted by Crippen LogP contribution is 2.34. The monoisotopic (exact) mass is 678 g/mol. The Morgan fingerprint density at radius 1 is 0.480 bits per heavy atom. The lowest BCUT2D eigenvalue weighted by atomic mass is 10.1. The lowest BCUT2D eigenvalue weighted by molar-refractivity contribution is 0.302. The van der Waals surface area contributed by atoms with Crippen LogP contribution in [0.25, 0.3) is 10.8 Å². The molecule has 0 saturated carbocycles. The maximum Gasteiger partial charge on any atom is 0.128 e. The molecule has 0 amide bonds. The first-order chi connectivity index (χ1) is 24.6. The molecule has 4 aromatic carbocycles. The minimum Gasteiger partial charge on any atom is -0.507 e. The largest absolute Gasteiger partial charge is 0.507 e. The second kappa shape index (κ2) is 22.4. The zero-order valence-corrected chi connectivity index (χ0v) is 30.4. The van der Waals surface area contributed by atoms with E-state index in [0.717, 1.165) is 36.5 Å². The Bertz CT molecular complexity index is 1510. The van der Waals surface area contributed by atoms with Crippen molar-refractivity contribution in [2.45, 2.75) is 117 Å².